The first-order valence-electron chi connectivity index (χ1n) is 9.34. The van der Waals surface area contributed by atoms with Gasteiger partial charge >= 0.3 is 0 Å². The maximum atomic E-state index is 13.5. The standard InChI is InChI=1S/C24H26FNO2/c1-27-24(28-2)23(21-13-15-22(25)16-14-21)26(17-19-9-5-3-6-10-19)18-20-11-7-4-8-12-20/h3-16,23-24H,17-18H2,1-2H3. The lowest BCUT2D eigenvalue weighted by molar-refractivity contribution is -0.152. The van der Waals surface area contributed by atoms with Crippen molar-refractivity contribution in [2.45, 2.75) is 25.4 Å². The van der Waals surface area contributed by atoms with Crippen LogP contribution < -0.4 is 0 Å². The molecule has 146 valence electrons. The molecule has 0 radical (unpaired) electrons. The summed E-state index contributed by atoms with van der Waals surface area (Å²) in [6.07, 6.45) is -0.488. The molecule has 4 heteroatoms. The smallest absolute Gasteiger partial charge is 0.176 e. The number of nitrogens with zero attached hydrogens (tertiary/aromatic N) is 1. The van der Waals surface area contributed by atoms with E-state index in [1.165, 1.54) is 23.3 Å². The SMILES string of the molecule is COC(OC)C(c1ccc(F)cc1)N(Cc1ccccc1)Cc1ccccc1. The first-order chi connectivity index (χ1) is 13.7. The molecule has 1 unspecified atom stereocenters. The highest BCUT2D eigenvalue weighted by atomic mass is 19.1. The van der Waals surface area contributed by atoms with Gasteiger partial charge in [0.25, 0.3) is 0 Å². The highest BCUT2D eigenvalue weighted by Gasteiger charge is 2.30. The normalized spacial score (nSPS) is 12.5. The van der Waals surface area contributed by atoms with Gasteiger partial charge in [-0.1, -0.05) is 72.8 Å². The molecule has 3 nitrogen and oxygen atoms in total. The van der Waals surface area contributed by atoms with Crippen LogP contribution in [0.4, 0.5) is 4.39 Å². The van der Waals surface area contributed by atoms with Crippen molar-refractivity contribution in [2.75, 3.05) is 14.2 Å². The molecule has 0 heterocycles. The molecule has 3 rings (SSSR count). The predicted octanol–water partition coefficient (Wildman–Crippen LogP) is 5.19. The van der Waals surface area contributed by atoms with E-state index in [1.807, 2.05) is 36.4 Å². The number of rotatable bonds is 9. The monoisotopic (exact) mass is 379 g/mol. The summed E-state index contributed by atoms with van der Waals surface area (Å²) in [7, 11) is 3.27. The van der Waals surface area contributed by atoms with Gasteiger partial charge in [-0.25, -0.2) is 4.39 Å². The van der Waals surface area contributed by atoms with Crippen molar-refractivity contribution in [1.82, 2.24) is 4.90 Å². The Balaban J connectivity index is 1.99. The van der Waals surface area contributed by atoms with Crippen molar-refractivity contribution < 1.29 is 13.9 Å². The molecular formula is C24H26FNO2. The van der Waals surface area contributed by atoms with Gasteiger partial charge < -0.3 is 9.47 Å². The lowest BCUT2D eigenvalue weighted by atomic mass is 10.0. The lowest BCUT2D eigenvalue weighted by Crippen LogP contribution is -2.38. The zero-order chi connectivity index (χ0) is 19.8. The Morgan fingerprint density at radius 3 is 1.61 bits per heavy atom. The van der Waals surface area contributed by atoms with Crippen LogP contribution in [-0.4, -0.2) is 25.4 Å². The van der Waals surface area contributed by atoms with Crippen LogP contribution in [0.25, 0.3) is 0 Å². The quantitative estimate of drug-likeness (QED) is 0.478. The highest BCUT2D eigenvalue weighted by molar-refractivity contribution is 5.23. The fourth-order valence-electron chi connectivity index (χ4n) is 3.44. The third kappa shape index (κ3) is 5.26. The van der Waals surface area contributed by atoms with Crippen molar-refractivity contribution in [1.29, 1.82) is 0 Å². The molecule has 0 saturated heterocycles. The summed E-state index contributed by atoms with van der Waals surface area (Å²) in [6, 6.07) is 26.9. The van der Waals surface area contributed by atoms with Crippen molar-refractivity contribution in [3.05, 3.63) is 107 Å². The molecule has 0 aliphatic rings. The number of halogens is 1. The minimum atomic E-state index is -0.488. The van der Waals surface area contributed by atoms with E-state index in [4.69, 9.17) is 9.47 Å². The van der Waals surface area contributed by atoms with E-state index in [9.17, 15) is 4.39 Å². The van der Waals surface area contributed by atoms with Crippen LogP contribution in [0.5, 0.6) is 0 Å². The Hall–Kier alpha value is -2.53. The highest BCUT2D eigenvalue weighted by Crippen LogP contribution is 2.30. The first kappa shape index (κ1) is 20.2. The summed E-state index contributed by atoms with van der Waals surface area (Å²) in [4.78, 5) is 2.30. The van der Waals surface area contributed by atoms with Gasteiger partial charge in [-0.2, -0.15) is 0 Å². The fraction of sp³-hybridized carbons (Fsp3) is 0.250. The summed E-state index contributed by atoms with van der Waals surface area (Å²) < 4.78 is 24.8. The Labute approximate surface area is 166 Å². The summed E-state index contributed by atoms with van der Waals surface area (Å²) >= 11 is 0. The number of hydrogen-bond acceptors (Lipinski definition) is 3. The lowest BCUT2D eigenvalue weighted by Gasteiger charge is -2.36. The van der Waals surface area contributed by atoms with Gasteiger partial charge in [0.1, 0.15) is 5.82 Å². The number of ether oxygens (including phenoxy) is 2. The maximum Gasteiger partial charge on any atom is 0.176 e. The maximum absolute atomic E-state index is 13.5. The first-order valence-corrected chi connectivity index (χ1v) is 9.34. The van der Waals surface area contributed by atoms with Crippen LogP contribution in [0.1, 0.15) is 22.7 Å². The van der Waals surface area contributed by atoms with Crippen LogP contribution in [0.2, 0.25) is 0 Å². The predicted molar refractivity (Wildman–Crippen MR) is 109 cm³/mol. The molecule has 0 spiro atoms. The summed E-state index contributed by atoms with van der Waals surface area (Å²) in [5.74, 6) is -0.258. The zero-order valence-corrected chi connectivity index (χ0v) is 16.3. The van der Waals surface area contributed by atoms with Gasteiger partial charge in [0.15, 0.2) is 6.29 Å². The van der Waals surface area contributed by atoms with Gasteiger partial charge in [-0.05, 0) is 28.8 Å². The summed E-state index contributed by atoms with van der Waals surface area (Å²) in [5, 5.41) is 0. The van der Waals surface area contributed by atoms with Gasteiger partial charge in [-0.3, -0.25) is 4.90 Å². The zero-order valence-electron chi connectivity index (χ0n) is 16.3. The van der Waals surface area contributed by atoms with Gasteiger partial charge in [0.2, 0.25) is 0 Å². The van der Waals surface area contributed by atoms with Gasteiger partial charge in [-0.15, -0.1) is 0 Å². The van der Waals surface area contributed by atoms with E-state index in [0.29, 0.717) is 13.1 Å². The molecule has 0 amide bonds. The number of benzene rings is 3. The second-order valence-corrected chi connectivity index (χ2v) is 6.71. The van der Waals surface area contributed by atoms with E-state index in [0.717, 1.165) is 5.56 Å². The largest absolute Gasteiger partial charge is 0.354 e. The van der Waals surface area contributed by atoms with Crippen molar-refractivity contribution in [3.8, 4) is 0 Å². The van der Waals surface area contributed by atoms with Gasteiger partial charge in [0, 0.05) is 27.3 Å². The molecule has 0 bridgehead atoms. The van der Waals surface area contributed by atoms with Crippen molar-refractivity contribution in [3.63, 3.8) is 0 Å². The van der Waals surface area contributed by atoms with Gasteiger partial charge in [0.05, 0.1) is 6.04 Å². The average molecular weight is 379 g/mol. The molecular weight excluding hydrogens is 353 g/mol. The van der Waals surface area contributed by atoms with E-state index >= 15 is 0 Å². The Morgan fingerprint density at radius 2 is 1.18 bits per heavy atom. The van der Waals surface area contributed by atoms with Crippen LogP contribution in [0.3, 0.4) is 0 Å². The molecule has 0 aliphatic heterocycles. The molecule has 0 aliphatic carbocycles. The molecule has 28 heavy (non-hydrogen) atoms. The third-order valence-electron chi connectivity index (χ3n) is 4.78. The molecule has 0 aromatic heterocycles. The molecule has 0 saturated carbocycles. The van der Waals surface area contributed by atoms with E-state index < -0.39 is 6.29 Å². The van der Waals surface area contributed by atoms with E-state index in [2.05, 4.69) is 29.2 Å². The van der Waals surface area contributed by atoms with Crippen LogP contribution in [0, 0.1) is 5.82 Å². The second kappa shape index (κ2) is 10.1. The summed E-state index contributed by atoms with van der Waals surface area (Å²) in [5.41, 5.74) is 3.33. The Kier molecular flexibility index (Phi) is 7.31. The molecule has 0 fully saturated rings. The topological polar surface area (TPSA) is 21.7 Å². The molecule has 3 aromatic rings. The minimum Gasteiger partial charge on any atom is -0.354 e. The molecule has 0 N–H and O–H groups in total. The average Bonchev–Trinajstić information content (AvgIpc) is 2.74. The molecule has 3 aromatic carbocycles. The third-order valence-corrected chi connectivity index (χ3v) is 4.78. The van der Waals surface area contributed by atoms with Crippen molar-refractivity contribution >= 4 is 0 Å². The second-order valence-electron chi connectivity index (χ2n) is 6.71. The van der Waals surface area contributed by atoms with Crippen LogP contribution in [0.15, 0.2) is 84.9 Å². The summed E-state index contributed by atoms with van der Waals surface area (Å²) in [6.45, 7) is 1.42. The van der Waals surface area contributed by atoms with Crippen LogP contribution >= 0.6 is 0 Å². The minimum absolute atomic E-state index is 0.198. The molecule has 1 atom stereocenters. The van der Waals surface area contributed by atoms with Crippen LogP contribution in [-0.2, 0) is 22.6 Å². The number of hydrogen-bond donors (Lipinski definition) is 0. The fourth-order valence-corrected chi connectivity index (χ4v) is 3.44. The van der Waals surface area contributed by atoms with E-state index in [1.54, 1.807) is 26.4 Å². The van der Waals surface area contributed by atoms with Crippen molar-refractivity contribution in [2.24, 2.45) is 0 Å². The Morgan fingerprint density at radius 1 is 0.714 bits per heavy atom. The number of methoxy groups -OCH3 is 2. The Bertz CT molecular complexity index is 779. The van der Waals surface area contributed by atoms with E-state index in [-0.39, 0.29) is 11.9 Å².